The van der Waals surface area contributed by atoms with Gasteiger partial charge in [0.2, 0.25) is 0 Å². The zero-order valence-corrected chi connectivity index (χ0v) is 17.4. The van der Waals surface area contributed by atoms with E-state index in [0.29, 0.717) is 5.69 Å². The zero-order valence-electron chi connectivity index (χ0n) is 15.9. The predicted molar refractivity (Wildman–Crippen MR) is 123 cm³/mol. The second-order valence-corrected chi connectivity index (χ2v) is 7.46. The number of halogens is 2. The summed E-state index contributed by atoms with van der Waals surface area (Å²) < 4.78 is 0. The normalized spacial score (nSPS) is 11.2. The zero-order chi connectivity index (χ0) is 22.0. The molecule has 1 aromatic heterocycles. The van der Waals surface area contributed by atoms with Crippen LogP contribution in [0.2, 0.25) is 10.0 Å². The molecule has 154 valence electrons. The molecule has 6 nitrogen and oxygen atoms in total. The standard InChI is InChI=1S/C23H15Cl2N3O3/c24-17-11-15(16(23(30)31)12-18(17)25)22(29)26-19-7-3-1-5-13(19)9-10-21-14-6-2-4-8-20(14)27-28-21/h1-12H,(H,26,29)(H,27,28)(H,30,31)/b10-9+. The van der Waals surface area contributed by atoms with Gasteiger partial charge in [-0.15, -0.1) is 0 Å². The summed E-state index contributed by atoms with van der Waals surface area (Å²) in [6, 6.07) is 17.3. The molecule has 0 saturated carbocycles. The van der Waals surface area contributed by atoms with E-state index in [1.165, 1.54) is 6.07 Å². The Balaban J connectivity index is 1.65. The van der Waals surface area contributed by atoms with Gasteiger partial charge in [0, 0.05) is 11.1 Å². The Hall–Kier alpha value is -3.61. The Bertz CT molecular complexity index is 1350. The number of rotatable bonds is 5. The number of carboxylic acids is 1. The van der Waals surface area contributed by atoms with E-state index in [4.69, 9.17) is 23.2 Å². The minimum Gasteiger partial charge on any atom is -0.478 e. The van der Waals surface area contributed by atoms with Crippen molar-refractivity contribution < 1.29 is 14.7 Å². The number of aromatic amines is 1. The molecule has 1 heterocycles. The van der Waals surface area contributed by atoms with Gasteiger partial charge in [0.1, 0.15) is 0 Å². The Morgan fingerprint density at radius 1 is 0.935 bits per heavy atom. The summed E-state index contributed by atoms with van der Waals surface area (Å²) in [6.45, 7) is 0. The average Bonchev–Trinajstić information content (AvgIpc) is 3.17. The van der Waals surface area contributed by atoms with Crippen molar-refractivity contribution in [1.29, 1.82) is 0 Å². The van der Waals surface area contributed by atoms with E-state index in [1.54, 1.807) is 12.1 Å². The van der Waals surface area contributed by atoms with Crippen molar-refractivity contribution in [2.75, 3.05) is 5.32 Å². The molecule has 4 rings (SSSR count). The molecule has 0 atom stereocenters. The highest BCUT2D eigenvalue weighted by molar-refractivity contribution is 6.42. The molecule has 0 fully saturated rings. The molecule has 0 saturated heterocycles. The molecule has 0 aliphatic rings. The van der Waals surface area contributed by atoms with Gasteiger partial charge in [-0.05, 0) is 35.9 Å². The first-order valence-corrected chi connectivity index (χ1v) is 9.93. The predicted octanol–water partition coefficient (Wildman–Crippen LogP) is 5.99. The van der Waals surface area contributed by atoms with Crippen molar-refractivity contribution in [3.8, 4) is 0 Å². The van der Waals surface area contributed by atoms with Crippen LogP contribution in [-0.4, -0.2) is 27.2 Å². The number of hydrogen-bond acceptors (Lipinski definition) is 3. The summed E-state index contributed by atoms with van der Waals surface area (Å²) >= 11 is 11.9. The maximum absolute atomic E-state index is 12.8. The summed E-state index contributed by atoms with van der Waals surface area (Å²) in [7, 11) is 0. The molecule has 0 aliphatic carbocycles. The molecular formula is C23H15Cl2N3O3. The lowest BCUT2D eigenvalue weighted by Gasteiger charge is -2.11. The van der Waals surface area contributed by atoms with Crippen LogP contribution in [0, 0.1) is 0 Å². The number of anilines is 1. The van der Waals surface area contributed by atoms with Crippen molar-refractivity contribution >= 4 is 63.8 Å². The number of amides is 1. The lowest BCUT2D eigenvalue weighted by Crippen LogP contribution is -2.17. The van der Waals surface area contributed by atoms with E-state index in [2.05, 4.69) is 15.5 Å². The third kappa shape index (κ3) is 4.30. The summed E-state index contributed by atoms with van der Waals surface area (Å²) in [4.78, 5) is 24.4. The van der Waals surface area contributed by atoms with Gasteiger partial charge in [-0.25, -0.2) is 4.79 Å². The molecule has 31 heavy (non-hydrogen) atoms. The van der Waals surface area contributed by atoms with Gasteiger partial charge < -0.3 is 10.4 Å². The lowest BCUT2D eigenvalue weighted by molar-refractivity contribution is 0.0692. The van der Waals surface area contributed by atoms with Crippen molar-refractivity contribution in [2.24, 2.45) is 0 Å². The van der Waals surface area contributed by atoms with Crippen LogP contribution >= 0.6 is 23.2 Å². The molecular weight excluding hydrogens is 437 g/mol. The number of hydrogen-bond donors (Lipinski definition) is 3. The molecule has 0 bridgehead atoms. The number of nitrogens with one attached hydrogen (secondary N) is 2. The fraction of sp³-hybridized carbons (Fsp3) is 0. The summed E-state index contributed by atoms with van der Waals surface area (Å²) in [6.07, 6.45) is 3.66. The second kappa shape index (κ2) is 8.63. The van der Waals surface area contributed by atoms with E-state index in [0.717, 1.165) is 28.2 Å². The van der Waals surface area contributed by atoms with Gasteiger partial charge in [-0.2, -0.15) is 5.10 Å². The molecule has 0 radical (unpaired) electrons. The first-order valence-electron chi connectivity index (χ1n) is 9.18. The molecule has 0 spiro atoms. The number of fused-ring (bicyclic) bond motifs is 1. The summed E-state index contributed by atoms with van der Waals surface area (Å²) in [5, 5.41) is 20.6. The number of aromatic nitrogens is 2. The Labute approximate surface area is 187 Å². The minimum absolute atomic E-state index is 0.0604. The van der Waals surface area contributed by atoms with Gasteiger partial charge in [0.05, 0.1) is 32.4 Å². The SMILES string of the molecule is O=C(O)c1cc(Cl)c(Cl)cc1C(=O)Nc1ccccc1/C=C/c1n[nH]c2ccccc12. The van der Waals surface area contributed by atoms with Gasteiger partial charge in [-0.1, -0.05) is 65.7 Å². The van der Waals surface area contributed by atoms with Crippen LogP contribution in [0.15, 0.2) is 60.7 Å². The van der Waals surface area contributed by atoms with E-state index in [1.807, 2.05) is 48.6 Å². The molecule has 0 aliphatic heterocycles. The van der Waals surface area contributed by atoms with Gasteiger partial charge in [-0.3, -0.25) is 9.89 Å². The monoisotopic (exact) mass is 451 g/mol. The van der Waals surface area contributed by atoms with Crippen LogP contribution in [0.25, 0.3) is 23.1 Å². The van der Waals surface area contributed by atoms with Crippen LogP contribution in [-0.2, 0) is 0 Å². The molecule has 4 aromatic rings. The fourth-order valence-electron chi connectivity index (χ4n) is 3.14. The Morgan fingerprint density at radius 2 is 1.61 bits per heavy atom. The first kappa shape index (κ1) is 20.7. The summed E-state index contributed by atoms with van der Waals surface area (Å²) in [5.41, 5.74) is 2.59. The minimum atomic E-state index is -1.28. The third-order valence-corrected chi connectivity index (χ3v) is 5.39. The number of para-hydroxylation sites is 2. The molecule has 3 aromatic carbocycles. The Morgan fingerprint density at radius 3 is 2.39 bits per heavy atom. The number of nitrogens with zero attached hydrogens (tertiary/aromatic N) is 1. The van der Waals surface area contributed by atoms with Crippen LogP contribution in [0.3, 0.4) is 0 Å². The largest absolute Gasteiger partial charge is 0.478 e. The average molecular weight is 452 g/mol. The van der Waals surface area contributed by atoms with Crippen molar-refractivity contribution in [2.45, 2.75) is 0 Å². The van der Waals surface area contributed by atoms with E-state index >= 15 is 0 Å². The maximum Gasteiger partial charge on any atom is 0.336 e. The van der Waals surface area contributed by atoms with Crippen molar-refractivity contribution in [1.82, 2.24) is 10.2 Å². The number of benzene rings is 3. The van der Waals surface area contributed by atoms with Crippen LogP contribution in [0.4, 0.5) is 5.69 Å². The van der Waals surface area contributed by atoms with E-state index in [-0.39, 0.29) is 21.2 Å². The first-order chi connectivity index (χ1) is 14.9. The number of carbonyl (C=O) groups is 2. The number of H-pyrrole nitrogens is 1. The van der Waals surface area contributed by atoms with E-state index < -0.39 is 11.9 Å². The highest BCUT2D eigenvalue weighted by atomic mass is 35.5. The quantitative estimate of drug-likeness (QED) is 0.347. The Kier molecular flexibility index (Phi) is 5.75. The van der Waals surface area contributed by atoms with Crippen molar-refractivity contribution in [3.05, 3.63) is 93.1 Å². The van der Waals surface area contributed by atoms with Crippen LogP contribution < -0.4 is 5.32 Å². The number of carboxylic acid groups (broad SMARTS) is 1. The number of aromatic carboxylic acids is 1. The molecule has 3 N–H and O–H groups in total. The maximum atomic E-state index is 12.8. The molecule has 8 heteroatoms. The molecule has 0 unspecified atom stereocenters. The highest BCUT2D eigenvalue weighted by Crippen LogP contribution is 2.28. The summed E-state index contributed by atoms with van der Waals surface area (Å²) in [5.74, 6) is -1.88. The number of carbonyl (C=O) groups excluding carboxylic acids is 1. The van der Waals surface area contributed by atoms with Crippen LogP contribution in [0.5, 0.6) is 0 Å². The van der Waals surface area contributed by atoms with Gasteiger partial charge in [0.15, 0.2) is 0 Å². The van der Waals surface area contributed by atoms with Crippen molar-refractivity contribution in [3.63, 3.8) is 0 Å². The highest BCUT2D eigenvalue weighted by Gasteiger charge is 2.20. The second-order valence-electron chi connectivity index (χ2n) is 6.65. The topological polar surface area (TPSA) is 95.1 Å². The molecule has 1 amide bonds. The smallest absolute Gasteiger partial charge is 0.336 e. The lowest BCUT2D eigenvalue weighted by atomic mass is 10.1. The van der Waals surface area contributed by atoms with Gasteiger partial charge >= 0.3 is 5.97 Å². The third-order valence-electron chi connectivity index (χ3n) is 4.67. The van der Waals surface area contributed by atoms with Crippen LogP contribution in [0.1, 0.15) is 32.0 Å². The van der Waals surface area contributed by atoms with Gasteiger partial charge in [0.25, 0.3) is 5.91 Å². The fourth-order valence-corrected chi connectivity index (χ4v) is 3.47. The van der Waals surface area contributed by atoms with E-state index in [9.17, 15) is 14.7 Å².